The molecule has 1 aromatic heterocycles. The summed E-state index contributed by atoms with van der Waals surface area (Å²) in [6.07, 6.45) is -0.710. The molecule has 0 aliphatic carbocycles. The molecule has 1 saturated heterocycles. The van der Waals surface area contributed by atoms with Gasteiger partial charge in [-0.25, -0.2) is 4.79 Å². The van der Waals surface area contributed by atoms with Crippen molar-refractivity contribution in [1.29, 1.82) is 0 Å². The molecule has 0 saturated carbocycles. The molecule has 228 valence electrons. The average molecular weight is 603 g/mol. The molecule has 0 N–H and O–H groups in total. The number of hydrogen-bond donors (Lipinski definition) is 0. The first-order valence-corrected chi connectivity index (χ1v) is 15.2. The van der Waals surface area contributed by atoms with Crippen LogP contribution in [0.1, 0.15) is 27.8 Å². The number of fused-ring (bicyclic) bond motifs is 4. The van der Waals surface area contributed by atoms with Crippen molar-refractivity contribution >= 4 is 17.0 Å². The zero-order chi connectivity index (χ0) is 30.6. The maximum absolute atomic E-state index is 13.2. The van der Waals surface area contributed by atoms with Crippen LogP contribution < -0.4 is 10.4 Å². The fourth-order valence-corrected chi connectivity index (χ4v) is 5.82. The fraction of sp³-hybridized carbons (Fsp3) is 0.237. The van der Waals surface area contributed by atoms with Gasteiger partial charge in [0.2, 0.25) is 6.29 Å². The quantitative estimate of drug-likeness (QED) is 0.160. The van der Waals surface area contributed by atoms with Crippen molar-refractivity contribution < 1.29 is 28.1 Å². The Balaban J connectivity index is 1.26. The van der Waals surface area contributed by atoms with Gasteiger partial charge in [-0.1, -0.05) is 103 Å². The first kappa shape index (κ1) is 29.2. The monoisotopic (exact) mass is 602 g/mol. The SMILES string of the molecule is Cc1ccc2oc(=O)c3c(c2c1)O[C@@H]1O[C@H](COCc2ccccc2)[C@H](OCc2ccccc2)[C@H](OCc2ccccc2)C1=C3. The first-order chi connectivity index (χ1) is 22.1. The van der Waals surface area contributed by atoms with Gasteiger partial charge in [-0.2, -0.15) is 0 Å². The van der Waals surface area contributed by atoms with E-state index in [2.05, 4.69) is 0 Å². The van der Waals surface area contributed by atoms with Gasteiger partial charge in [0.05, 0.1) is 31.8 Å². The lowest BCUT2D eigenvalue weighted by molar-refractivity contribution is -0.229. The second-order valence-electron chi connectivity index (χ2n) is 11.4. The van der Waals surface area contributed by atoms with E-state index in [-0.39, 0.29) is 6.61 Å². The fourth-order valence-electron chi connectivity index (χ4n) is 5.82. The van der Waals surface area contributed by atoms with E-state index >= 15 is 0 Å². The summed E-state index contributed by atoms with van der Waals surface area (Å²) < 4.78 is 38.3. The molecule has 0 amide bonds. The minimum Gasteiger partial charge on any atom is -0.459 e. The van der Waals surface area contributed by atoms with Crippen molar-refractivity contribution in [3.63, 3.8) is 0 Å². The summed E-state index contributed by atoms with van der Waals surface area (Å²) in [5.74, 6) is 0.438. The van der Waals surface area contributed by atoms with Crippen LogP contribution in [0.4, 0.5) is 0 Å². The molecule has 4 atom stereocenters. The van der Waals surface area contributed by atoms with Crippen molar-refractivity contribution in [2.45, 2.75) is 51.3 Å². The topological polar surface area (TPSA) is 76.4 Å². The van der Waals surface area contributed by atoms with E-state index in [4.69, 9.17) is 28.1 Å². The van der Waals surface area contributed by atoms with E-state index in [1.807, 2.05) is 110 Å². The van der Waals surface area contributed by atoms with Crippen molar-refractivity contribution in [2.75, 3.05) is 6.61 Å². The molecule has 3 heterocycles. The maximum atomic E-state index is 13.2. The van der Waals surface area contributed by atoms with Gasteiger partial charge in [-0.05, 0) is 41.8 Å². The third kappa shape index (κ3) is 6.48. The number of rotatable bonds is 10. The number of benzene rings is 4. The Hall–Kier alpha value is -4.53. The lowest BCUT2D eigenvalue weighted by Gasteiger charge is -2.44. The number of hydrogen-bond acceptors (Lipinski definition) is 7. The molecular weight excluding hydrogens is 568 g/mol. The van der Waals surface area contributed by atoms with Crippen molar-refractivity contribution in [3.8, 4) is 5.75 Å². The smallest absolute Gasteiger partial charge is 0.347 e. The molecule has 2 aliphatic heterocycles. The second-order valence-corrected chi connectivity index (χ2v) is 11.4. The normalized spacial score (nSPS) is 20.6. The third-order valence-corrected chi connectivity index (χ3v) is 8.10. The van der Waals surface area contributed by atoms with E-state index < -0.39 is 30.2 Å². The van der Waals surface area contributed by atoms with Gasteiger partial charge in [0.25, 0.3) is 0 Å². The van der Waals surface area contributed by atoms with Crippen molar-refractivity contribution in [1.82, 2.24) is 0 Å². The minimum absolute atomic E-state index is 0.246. The summed E-state index contributed by atoms with van der Waals surface area (Å²) in [5.41, 5.74) is 5.08. The Labute approximate surface area is 261 Å². The van der Waals surface area contributed by atoms with Gasteiger partial charge in [0.1, 0.15) is 35.2 Å². The Morgan fingerprint density at radius 3 is 2.02 bits per heavy atom. The molecule has 0 spiro atoms. The van der Waals surface area contributed by atoms with Gasteiger partial charge in [-0.3, -0.25) is 0 Å². The van der Waals surface area contributed by atoms with E-state index in [0.717, 1.165) is 22.3 Å². The van der Waals surface area contributed by atoms with E-state index in [0.29, 0.717) is 47.7 Å². The Morgan fingerprint density at radius 2 is 1.36 bits per heavy atom. The first-order valence-electron chi connectivity index (χ1n) is 15.2. The Morgan fingerprint density at radius 1 is 0.733 bits per heavy atom. The zero-order valence-corrected chi connectivity index (χ0v) is 25.0. The van der Waals surface area contributed by atoms with Crippen LogP contribution in [0.2, 0.25) is 0 Å². The molecule has 0 bridgehead atoms. The summed E-state index contributed by atoms with van der Waals surface area (Å²) in [7, 11) is 0. The lowest BCUT2D eigenvalue weighted by atomic mass is 9.92. The van der Waals surface area contributed by atoms with Gasteiger partial charge in [0, 0.05) is 5.57 Å². The zero-order valence-electron chi connectivity index (χ0n) is 25.0. The molecule has 7 nitrogen and oxygen atoms in total. The molecule has 7 rings (SSSR count). The van der Waals surface area contributed by atoms with Gasteiger partial charge in [0.15, 0.2) is 0 Å². The summed E-state index contributed by atoms with van der Waals surface area (Å²) in [6.45, 7) is 3.33. The molecule has 0 radical (unpaired) electrons. The van der Waals surface area contributed by atoms with Crippen LogP contribution in [0.5, 0.6) is 5.75 Å². The highest BCUT2D eigenvalue weighted by molar-refractivity contribution is 5.88. The molecule has 0 unspecified atom stereocenters. The van der Waals surface area contributed by atoms with Crippen LogP contribution in [-0.2, 0) is 38.8 Å². The summed E-state index contributed by atoms with van der Waals surface area (Å²) in [4.78, 5) is 13.2. The highest BCUT2D eigenvalue weighted by Crippen LogP contribution is 2.41. The Kier molecular flexibility index (Phi) is 8.58. The van der Waals surface area contributed by atoms with Gasteiger partial charge >= 0.3 is 5.63 Å². The number of ether oxygens (including phenoxy) is 5. The van der Waals surface area contributed by atoms with Crippen LogP contribution in [0.15, 0.2) is 124 Å². The number of aryl methyl sites for hydroxylation is 1. The Bertz CT molecular complexity index is 1830. The van der Waals surface area contributed by atoms with E-state index in [1.54, 1.807) is 12.1 Å². The molecule has 5 aromatic rings. The molecule has 4 aromatic carbocycles. The summed E-state index contributed by atoms with van der Waals surface area (Å²) >= 11 is 0. The molecular formula is C38H34O7. The van der Waals surface area contributed by atoms with Gasteiger partial charge in [-0.15, -0.1) is 0 Å². The minimum atomic E-state index is -0.814. The van der Waals surface area contributed by atoms with E-state index in [1.165, 1.54) is 0 Å². The highest BCUT2D eigenvalue weighted by atomic mass is 16.7. The van der Waals surface area contributed by atoms with Crippen LogP contribution in [0.3, 0.4) is 0 Å². The largest absolute Gasteiger partial charge is 0.459 e. The van der Waals surface area contributed by atoms with Gasteiger partial charge < -0.3 is 28.1 Å². The second kappa shape index (κ2) is 13.2. The lowest BCUT2D eigenvalue weighted by Crippen LogP contribution is -2.56. The maximum Gasteiger partial charge on any atom is 0.347 e. The van der Waals surface area contributed by atoms with E-state index in [9.17, 15) is 4.79 Å². The molecule has 1 fully saturated rings. The van der Waals surface area contributed by atoms with Crippen molar-refractivity contribution in [2.24, 2.45) is 0 Å². The average Bonchev–Trinajstić information content (AvgIpc) is 3.08. The summed E-state index contributed by atoms with van der Waals surface area (Å²) in [6, 6.07) is 35.6. The van der Waals surface area contributed by atoms with Crippen LogP contribution in [-0.4, -0.2) is 31.2 Å². The van der Waals surface area contributed by atoms with Crippen LogP contribution in [0, 0.1) is 6.92 Å². The standard InChI is InChI=1S/C38H34O7/c1-25-17-18-32-29(19-25)34-30(37(39)43-32)20-31-35(41-22-27-13-7-3-8-14-27)36(42-23-28-15-9-4-10-16-28)33(44-38(31)45-34)24-40-21-26-11-5-2-6-12-26/h2-20,33,35-36,38H,21-24H2,1H3/t33-,35-,36+,38+/m1/s1. The highest BCUT2D eigenvalue weighted by Gasteiger charge is 2.47. The van der Waals surface area contributed by atoms with Crippen LogP contribution >= 0.6 is 0 Å². The molecule has 2 aliphatic rings. The summed E-state index contributed by atoms with van der Waals surface area (Å²) in [5, 5.41) is 0.713. The predicted octanol–water partition coefficient (Wildman–Crippen LogP) is 6.99. The third-order valence-electron chi connectivity index (χ3n) is 8.10. The van der Waals surface area contributed by atoms with Crippen LogP contribution in [0.25, 0.3) is 17.0 Å². The van der Waals surface area contributed by atoms with Crippen molar-refractivity contribution in [3.05, 3.63) is 153 Å². The molecule has 45 heavy (non-hydrogen) atoms. The molecule has 7 heteroatoms. The predicted molar refractivity (Wildman–Crippen MR) is 171 cm³/mol.